The third-order valence-electron chi connectivity index (χ3n) is 4.86. The Morgan fingerprint density at radius 1 is 1.30 bits per heavy atom. The number of benzene rings is 1. The van der Waals surface area contributed by atoms with E-state index in [0.717, 1.165) is 25.0 Å². The number of aromatic nitrogens is 1. The monoisotopic (exact) mass is 435 g/mol. The molecule has 1 aliphatic rings. The van der Waals surface area contributed by atoms with Crippen molar-refractivity contribution in [1.82, 2.24) is 9.88 Å². The maximum Gasteiger partial charge on any atom is 0.251 e. The van der Waals surface area contributed by atoms with Gasteiger partial charge in [0.1, 0.15) is 11.6 Å². The molecular weight excluding hydrogens is 408 g/mol. The number of piperidine rings is 1. The lowest BCUT2D eigenvalue weighted by Gasteiger charge is -2.40. The molecule has 2 heterocycles. The zero-order valence-electron chi connectivity index (χ0n) is 17.7. The van der Waals surface area contributed by atoms with Crippen molar-refractivity contribution >= 4 is 22.4 Å². The average molecular weight is 436 g/mol. The predicted octanol–water partition coefficient (Wildman–Crippen LogP) is 5.19. The second-order valence-electron chi connectivity index (χ2n) is 8.35. The highest BCUT2D eigenvalue weighted by Crippen LogP contribution is 2.31. The SMILES string of the molecule is C=C(OC(C)(C)C)N1CCCC[C@H]1C(=O)N(C)c1nc(-c2ccc(F)c(F)c2)cs1. The summed E-state index contributed by atoms with van der Waals surface area (Å²) >= 11 is 1.28. The lowest BCUT2D eigenvalue weighted by atomic mass is 10.0. The number of hydrogen-bond acceptors (Lipinski definition) is 5. The summed E-state index contributed by atoms with van der Waals surface area (Å²) in [6, 6.07) is 3.26. The van der Waals surface area contributed by atoms with Gasteiger partial charge in [0.05, 0.1) is 5.69 Å². The molecule has 0 spiro atoms. The van der Waals surface area contributed by atoms with E-state index < -0.39 is 17.2 Å². The molecule has 8 heteroatoms. The van der Waals surface area contributed by atoms with Crippen molar-refractivity contribution in [2.45, 2.75) is 51.7 Å². The van der Waals surface area contributed by atoms with E-state index in [2.05, 4.69) is 11.6 Å². The van der Waals surface area contributed by atoms with Crippen LogP contribution >= 0.6 is 11.3 Å². The van der Waals surface area contributed by atoms with Crippen LogP contribution in [-0.4, -0.2) is 41.0 Å². The highest BCUT2D eigenvalue weighted by Gasteiger charge is 2.34. The van der Waals surface area contributed by atoms with E-state index in [1.165, 1.54) is 22.3 Å². The molecule has 1 fully saturated rings. The molecule has 1 aromatic heterocycles. The van der Waals surface area contributed by atoms with Gasteiger partial charge in [-0.1, -0.05) is 0 Å². The average Bonchev–Trinajstić information content (AvgIpc) is 3.18. The zero-order valence-corrected chi connectivity index (χ0v) is 18.6. The number of ether oxygens (including phenoxy) is 1. The standard InChI is InChI=1S/C22H27F2N3O2S/c1-14(29-22(2,3)4)27-11-7-6-8-19(27)20(28)26(5)21-25-18(13-30-21)15-9-10-16(23)17(24)12-15/h9-10,12-13,19H,1,6-8,11H2,2-5H3/t19-/m0/s1. The van der Waals surface area contributed by atoms with E-state index in [1.54, 1.807) is 12.4 Å². The largest absolute Gasteiger partial charge is 0.474 e. The van der Waals surface area contributed by atoms with Crippen LogP contribution in [0.15, 0.2) is 36.0 Å². The van der Waals surface area contributed by atoms with Gasteiger partial charge in [-0.2, -0.15) is 0 Å². The highest BCUT2D eigenvalue weighted by atomic mass is 32.1. The van der Waals surface area contributed by atoms with Gasteiger partial charge in [-0.05, 0) is 64.8 Å². The first kappa shape index (κ1) is 22.2. The number of carbonyl (C=O) groups is 1. The smallest absolute Gasteiger partial charge is 0.251 e. The quantitative estimate of drug-likeness (QED) is 0.606. The molecule has 1 aromatic carbocycles. The second-order valence-corrected chi connectivity index (χ2v) is 9.19. The first-order chi connectivity index (χ1) is 14.1. The molecule has 3 rings (SSSR count). The van der Waals surface area contributed by atoms with E-state index in [-0.39, 0.29) is 11.9 Å². The van der Waals surface area contributed by atoms with E-state index in [0.29, 0.717) is 35.2 Å². The summed E-state index contributed by atoms with van der Waals surface area (Å²) in [7, 11) is 1.68. The van der Waals surface area contributed by atoms with Crippen LogP contribution in [0.2, 0.25) is 0 Å². The van der Waals surface area contributed by atoms with E-state index in [1.807, 2.05) is 25.7 Å². The minimum absolute atomic E-state index is 0.0976. The fourth-order valence-corrected chi connectivity index (χ4v) is 4.23. The van der Waals surface area contributed by atoms with Crippen LogP contribution in [-0.2, 0) is 9.53 Å². The third-order valence-corrected chi connectivity index (χ3v) is 5.77. The van der Waals surface area contributed by atoms with Crippen LogP contribution in [0, 0.1) is 11.6 Å². The number of likely N-dealkylation sites (N-methyl/N-ethyl adjacent to an activating group) is 1. The number of hydrogen-bond donors (Lipinski definition) is 0. The van der Waals surface area contributed by atoms with Gasteiger partial charge in [-0.3, -0.25) is 9.69 Å². The van der Waals surface area contributed by atoms with Gasteiger partial charge in [0, 0.05) is 24.5 Å². The summed E-state index contributed by atoms with van der Waals surface area (Å²) in [5, 5.41) is 2.22. The molecule has 1 aliphatic heterocycles. The molecule has 0 N–H and O–H groups in total. The zero-order chi connectivity index (χ0) is 22.1. The molecule has 2 aromatic rings. The van der Waals surface area contributed by atoms with Crippen LogP contribution < -0.4 is 4.90 Å². The summed E-state index contributed by atoms with van der Waals surface area (Å²) in [4.78, 5) is 21.2. The van der Waals surface area contributed by atoms with E-state index in [9.17, 15) is 13.6 Å². The molecule has 0 aliphatic carbocycles. The number of carbonyl (C=O) groups excluding carboxylic acids is 1. The Bertz CT molecular complexity index is 939. The molecule has 0 saturated carbocycles. The second kappa shape index (κ2) is 8.71. The molecule has 30 heavy (non-hydrogen) atoms. The van der Waals surface area contributed by atoms with Gasteiger partial charge >= 0.3 is 0 Å². The first-order valence-corrected chi connectivity index (χ1v) is 10.8. The molecular formula is C22H27F2N3O2S. The van der Waals surface area contributed by atoms with Crippen molar-refractivity contribution in [1.29, 1.82) is 0 Å². The summed E-state index contributed by atoms with van der Waals surface area (Å²) in [5.41, 5.74) is 0.556. The van der Waals surface area contributed by atoms with E-state index >= 15 is 0 Å². The van der Waals surface area contributed by atoms with Crippen molar-refractivity contribution in [2.75, 3.05) is 18.5 Å². The summed E-state index contributed by atoms with van der Waals surface area (Å²) in [6.45, 7) is 10.6. The lowest BCUT2D eigenvalue weighted by molar-refractivity contribution is -0.126. The summed E-state index contributed by atoms with van der Waals surface area (Å²) < 4.78 is 32.7. The highest BCUT2D eigenvalue weighted by molar-refractivity contribution is 7.14. The molecule has 0 radical (unpaired) electrons. The van der Waals surface area contributed by atoms with Gasteiger partial charge in [-0.15, -0.1) is 11.3 Å². The Labute approximate surface area is 180 Å². The fraction of sp³-hybridized carbons (Fsp3) is 0.455. The molecule has 0 unspecified atom stereocenters. The van der Waals surface area contributed by atoms with Crippen molar-refractivity contribution in [2.24, 2.45) is 0 Å². The number of rotatable bonds is 5. The van der Waals surface area contributed by atoms with Gasteiger partial charge in [0.15, 0.2) is 22.6 Å². The third kappa shape index (κ3) is 4.98. The van der Waals surface area contributed by atoms with Crippen LogP contribution in [0.25, 0.3) is 11.3 Å². The van der Waals surface area contributed by atoms with Crippen molar-refractivity contribution in [3.63, 3.8) is 0 Å². The van der Waals surface area contributed by atoms with Gasteiger partial charge < -0.3 is 9.64 Å². The molecule has 0 bridgehead atoms. The van der Waals surface area contributed by atoms with Crippen LogP contribution in [0.1, 0.15) is 40.0 Å². The van der Waals surface area contributed by atoms with Crippen molar-refractivity contribution < 1.29 is 18.3 Å². The summed E-state index contributed by atoms with van der Waals surface area (Å²) in [5.74, 6) is -1.44. The fourth-order valence-electron chi connectivity index (χ4n) is 3.42. The Morgan fingerprint density at radius 2 is 2.03 bits per heavy atom. The number of thiazole rings is 1. The number of likely N-dealkylation sites (tertiary alicyclic amines) is 1. The first-order valence-electron chi connectivity index (χ1n) is 9.90. The maximum absolute atomic E-state index is 13.5. The van der Waals surface area contributed by atoms with Gasteiger partial charge in [0.2, 0.25) is 0 Å². The van der Waals surface area contributed by atoms with Crippen LogP contribution in [0.3, 0.4) is 0 Å². The topological polar surface area (TPSA) is 45.7 Å². The molecule has 1 saturated heterocycles. The van der Waals surface area contributed by atoms with E-state index in [4.69, 9.17) is 4.74 Å². The minimum atomic E-state index is -0.929. The predicted molar refractivity (Wildman–Crippen MR) is 115 cm³/mol. The molecule has 162 valence electrons. The molecule has 1 atom stereocenters. The van der Waals surface area contributed by atoms with Crippen LogP contribution in [0.5, 0.6) is 0 Å². The van der Waals surface area contributed by atoms with Gasteiger partial charge in [-0.25, -0.2) is 13.8 Å². The lowest BCUT2D eigenvalue weighted by Crippen LogP contribution is -2.50. The van der Waals surface area contributed by atoms with Crippen molar-refractivity contribution in [3.8, 4) is 11.3 Å². The number of anilines is 1. The number of nitrogens with zero attached hydrogens (tertiary/aromatic N) is 3. The molecule has 5 nitrogen and oxygen atoms in total. The summed E-state index contributed by atoms with van der Waals surface area (Å²) in [6.07, 6.45) is 2.62. The number of amides is 1. The van der Waals surface area contributed by atoms with Crippen LogP contribution in [0.4, 0.5) is 13.9 Å². The Balaban J connectivity index is 1.77. The Hall–Kier alpha value is -2.48. The Morgan fingerprint density at radius 3 is 2.70 bits per heavy atom. The van der Waals surface area contributed by atoms with Crippen molar-refractivity contribution in [3.05, 3.63) is 47.7 Å². The van der Waals surface area contributed by atoms with Gasteiger partial charge in [0.25, 0.3) is 5.91 Å². The molecule has 1 amide bonds. The number of halogens is 2. The maximum atomic E-state index is 13.5. The normalized spacial score (nSPS) is 17.0. The Kier molecular flexibility index (Phi) is 6.45. The minimum Gasteiger partial charge on any atom is -0.474 e.